The summed E-state index contributed by atoms with van der Waals surface area (Å²) >= 11 is 0. The van der Waals surface area contributed by atoms with Gasteiger partial charge >= 0.3 is 0 Å². The number of amides is 1. The quantitative estimate of drug-likeness (QED) is 0.878. The second-order valence-corrected chi connectivity index (χ2v) is 5.04. The Balaban J connectivity index is 1.92. The van der Waals surface area contributed by atoms with Crippen molar-refractivity contribution in [1.82, 2.24) is 20.5 Å². The van der Waals surface area contributed by atoms with Crippen molar-refractivity contribution in [1.29, 1.82) is 0 Å². The molecule has 0 spiro atoms. The van der Waals surface area contributed by atoms with E-state index in [0.717, 1.165) is 17.8 Å². The molecule has 0 atom stereocenters. The van der Waals surface area contributed by atoms with Gasteiger partial charge in [-0.15, -0.1) is 5.10 Å². The average molecular weight is 272 g/mol. The van der Waals surface area contributed by atoms with Gasteiger partial charge in [-0.05, 0) is 17.0 Å². The summed E-state index contributed by atoms with van der Waals surface area (Å²) in [5.41, 5.74) is 2.36. The Morgan fingerprint density at radius 1 is 1.30 bits per heavy atom. The Morgan fingerprint density at radius 3 is 2.55 bits per heavy atom. The largest absolute Gasteiger partial charge is 0.345 e. The molecule has 0 aliphatic heterocycles. The highest BCUT2D eigenvalue weighted by atomic mass is 16.2. The van der Waals surface area contributed by atoms with Crippen LogP contribution in [0, 0.1) is 0 Å². The van der Waals surface area contributed by atoms with Crippen molar-refractivity contribution in [3.05, 3.63) is 47.0 Å². The Hall–Kier alpha value is -2.17. The molecule has 2 rings (SSSR count). The molecule has 2 N–H and O–H groups in total. The molecule has 0 saturated heterocycles. The molecule has 1 heterocycles. The molecule has 0 aliphatic carbocycles. The second kappa shape index (κ2) is 6.32. The van der Waals surface area contributed by atoms with E-state index in [4.69, 9.17) is 0 Å². The van der Waals surface area contributed by atoms with Crippen LogP contribution in [0.3, 0.4) is 0 Å². The van der Waals surface area contributed by atoms with Crippen molar-refractivity contribution in [2.75, 3.05) is 0 Å². The first-order valence-corrected chi connectivity index (χ1v) is 6.88. The van der Waals surface area contributed by atoms with Gasteiger partial charge < -0.3 is 5.32 Å². The summed E-state index contributed by atoms with van der Waals surface area (Å²) in [4.78, 5) is 16.0. The molecule has 0 radical (unpaired) electrons. The van der Waals surface area contributed by atoms with Gasteiger partial charge in [-0.2, -0.15) is 0 Å². The number of aryl methyl sites for hydroxylation is 1. The monoisotopic (exact) mass is 272 g/mol. The lowest BCUT2D eigenvalue weighted by molar-refractivity contribution is 0.0941. The molecule has 1 aromatic heterocycles. The van der Waals surface area contributed by atoms with E-state index in [1.165, 1.54) is 5.56 Å². The number of aromatic nitrogens is 3. The molecule has 106 valence electrons. The summed E-state index contributed by atoms with van der Waals surface area (Å²) in [7, 11) is 0. The van der Waals surface area contributed by atoms with E-state index in [1.54, 1.807) is 0 Å². The highest BCUT2D eigenvalue weighted by molar-refractivity contribution is 5.90. The first-order chi connectivity index (χ1) is 9.60. The van der Waals surface area contributed by atoms with Crippen LogP contribution < -0.4 is 5.32 Å². The third-order valence-electron chi connectivity index (χ3n) is 3.17. The number of aromatic amines is 1. The maximum atomic E-state index is 11.9. The van der Waals surface area contributed by atoms with Crippen LogP contribution in [0.2, 0.25) is 0 Å². The van der Waals surface area contributed by atoms with Crippen LogP contribution >= 0.6 is 0 Å². The van der Waals surface area contributed by atoms with Crippen LogP contribution in [-0.2, 0) is 13.0 Å². The van der Waals surface area contributed by atoms with Crippen molar-refractivity contribution >= 4 is 5.91 Å². The summed E-state index contributed by atoms with van der Waals surface area (Å²) in [5.74, 6) is 1.17. The molecule has 0 fully saturated rings. The third kappa shape index (κ3) is 3.44. The highest BCUT2D eigenvalue weighted by Gasteiger charge is 2.11. The van der Waals surface area contributed by atoms with Crippen LogP contribution in [0.5, 0.6) is 0 Å². The van der Waals surface area contributed by atoms with Gasteiger partial charge in [0.25, 0.3) is 5.91 Å². The standard InChI is InChI=1S/C15H20N4O/c1-4-13-17-14(19-18-13)15(20)16-9-11-5-7-12(8-6-11)10(2)3/h5-8,10H,4,9H2,1-3H3,(H,16,20)(H,17,18,19). The summed E-state index contributed by atoms with van der Waals surface area (Å²) in [6.07, 6.45) is 0.733. The zero-order valence-electron chi connectivity index (χ0n) is 12.1. The lowest BCUT2D eigenvalue weighted by atomic mass is 10.0. The number of rotatable bonds is 5. The molecule has 20 heavy (non-hydrogen) atoms. The smallest absolute Gasteiger partial charge is 0.291 e. The van der Waals surface area contributed by atoms with E-state index in [1.807, 2.05) is 19.1 Å². The van der Waals surface area contributed by atoms with Gasteiger partial charge in [0.2, 0.25) is 5.82 Å². The molecule has 0 bridgehead atoms. The van der Waals surface area contributed by atoms with Crippen LogP contribution in [0.1, 0.15) is 54.3 Å². The van der Waals surface area contributed by atoms with Gasteiger partial charge in [0.1, 0.15) is 5.82 Å². The average Bonchev–Trinajstić information content (AvgIpc) is 2.94. The van der Waals surface area contributed by atoms with E-state index >= 15 is 0 Å². The highest BCUT2D eigenvalue weighted by Crippen LogP contribution is 2.14. The van der Waals surface area contributed by atoms with Gasteiger partial charge in [-0.3, -0.25) is 9.89 Å². The van der Waals surface area contributed by atoms with Crippen LogP contribution in [0.25, 0.3) is 0 Å². The molecule has 0 aliphatic rings. The number of carbonyl (C=O) groups excluding carboxylic acids is 1. The minimum atomic E-state index is -0.256. The fourth-order valence-corrected chi connectivity index (χ4v) is 1.84. The van der Waals surface area contributed by atoms with Crippen LogP contribution in [0.4, 0.5) is 0 Å². The zero-order chi connectivity index (χ0) is 14.5. The van der Waals surface area contributed by atoms with Crippen molar-refractivity contribution < 1.29 is 4.79 Å². The minimum absolute atomic E-state index is 0.195. The molecule has 2 aromatic rings. The topological polar surface area (TPSA) is 70.7 Å². The Labute approximate surface area is 118 Å². The summed E-state index contributed by atoms with van der Waals surface area (Å²) in [6, 6.07) is 8.25. The number of hydrogen-bond acceptors (Lipinski definition) is 3. The van der Waals surface area contributed by atoms with Gasteiger partial charge in [-0.25, -0.2) is 4.98 Å². The lowest BCUT2D eigenvalue weighted by Gasteiger charge is -2.07. The third-order valence-corrected chi connectivity index (χ3v) is 3.17. The Kier molecular flexibility index (Phi) is 4.50. The Bertz CT molecular complexity index is 572. The molecule has 1 amide bonds. The summed E-state index contributed by atoms with van der Waals surface area (Å²) in [5, 5.41) is 9.44. The maximum Gasteiger partial charge on any atom is 0.291 e. The molecular formula is C15H20N4O. The number of benzene rings is 1. The predicted molar refractivity (Wildman–Crippen MR) is 77.5 cm³/mol. The second-order valence-electron chi connectivity index (χ2n) is 5.04. The summed E-state index contributed by atoms with van der Waals surface area (Å²) in [6.45, 7) is 6.75. The van der Waals surface area contributed by atoms with E-state index < -0.39 is 0 Å². The molecule has 5 nitrogen and oxygen atoms in total. The maximum absolute atomic E-state index is 11.9. The number of H-pyrrole nitrogens is 1. The minimum Gasteiger partial charge on any atom is -0.345 e. The SMILES string of the molecule is CCc1nc(C(=O)NCc2ccc(C(C)C)cc2)n[nH]1. The van der Waals surface area contributed by atoms with E-state index in [0.29, 0.717) is 12.5 Å². The predicted octanol–water partition coefficient (Wildman–Crippen LogP) is 2.42. The first-order valence-electron chi connectivity index (χ1n) is 6.88. The zero-order valence-corrected chi connectivity index (χ0v) is 12.1. The van der Waals surface area contributed by atoms with Crippen molar-refractivity contribution in [3.8, 4) is 0 Å². The summed E-state index contributed by atoms with van der Waals surface area (Å²) < 4.78 is 0. The molecule has 0 saturated carbocycles. The van der Waals surface area contributed by atoms with Gasteiger partial charge in [0, 0.05) is 13.0 Å². The van der Waals surface area contributed by atoms with Crippen molar-refractivity contribution in [3.63, 3.8) is 0 Å². The van der Waals surface area contributed by atoms with Crippen molar-refractivity contribution in [2.45, 2.75) is 39.7 Å². The van der Waals surface area contributed by atoms with Gasteiger partial charge in [0.05, 0.1) is 0 Å². The number of nitrogens with one attached hydrogen (secondary N) is 2. The number of hydrogen-bond donors (Lipinski definition) is 2. The normalized spacial score (nSPS) is 10.8. The van der Waals surface area contributed by atoms with Gasteiger partial charge in [-0.1, -0.05) is 45.0 Å². The van der Waals surface area contributed by atoms with Crippen LogP contribution in [0.15, 0.2) is 24.3 Å². The van der Waals surface area contributed by atoms with E-state index in [2.05, 4.69) is 46.5 Å². The molecule has 5 heteroatoms. The first kappa shape index (κ1) is 14.2. The molecule has 0 unspecified atom stereocenters. The van der Waals surface area contributed by atoms with Gasteiger partial charge in [0.15, 0.2) is 0 Å². The van der Waals surface area contributed by atoms with Crippen LogP contribution in [-0.4, -0.2) is 21.1 Å². The fraction of sp³-hybridized carbons (Fsp3) is 0.400. The number of nitrogens with zero attached hydrogens (tertiary/aromatic N) is 2. The lowest BCUT2D eigenvalue weighted by Crippen LogP contribution is -2.24. The molecular weight excluding hydrogens is 252 g/mol. The number of carbonyl (C=O) groups is 1. The van der Waals surface area contributed by atoms with Crippen molar-refractivity contribution in [2.24, 2.45) is 0 Å². The molecule has 1 aromatic carbocycles. The fourth-order valence-electron chi connectivity index (χ4n) is 1.84. The van der Waals surface area contributed by atoms with E-state index in [-0.39, 0.29) is 11.7 Å². The Morgan fingerprint density at radius 2 is 2.00 bits per heavy atom. The van der Waals surface area contributed by atoms with E-state index in [9.17, 15) is 4.79 Å².